The van der Waals surface area contributed by atoms with Crippen LogP contribution in [0.25, 0.3) is 16.6 Å². The first-order valence-corrected chi connectivity index (χ1v) is 10.2. The van der Waals surface area contributed by atoms with Gasteiger partial charge in [-0.15, -0.1) is 0 Å². The van der Waals surface area contributed by atoms with Crippen LogP contribution in [0.15, 0.2) is 65.6 Å². The fraction of sp³-hybridized carbons (Fsp3) is 0.217. The topological polar surface area (TPSA) is 87.1 Å². The van der Waals surface area contributed by atoms with Gasteiger partial charge in [0.05, 0.1) is 22.3 Å². The normalized spacial score (nSPS) is 14.2. The zero-order valence-electron chi connectivity index (χ0n) is 17.2. The Morgan fingerprint density at radius 3 is 2.42 bits per heavy atom. The summed E-state index contributed by atoms with van der Waals surface area (Å²) < 4.78 is 1.79. The fourth-order valence-electron chi connectivity index (χ4n) is 3.84. The predicted octanol–water partition coefficient (Wildman–Crippen LogP) is 2.38. The van der Waals surface area contributed by atoms with Crippen LogP contribution in [0, 0.1) is 6.92 Å². The molecule has 31 heavy (non-hydrogen) atoms. The molecule has 8 nitrogen and oxygen atoms in total. The first-order valence-electron chi connectivity index (χ1n) is 10.2. The first-order chi connectivity index (χ1) is 15.1. The summed E-state index contributed by atoms with van der Waals surface area (Å²) in [4.78, 5) is 36.6. The summed E-state index contributed by atoms with van der Waals surface area (Å²) >= 11 is 0. The van der Waals surface area contributed by atoms with Crippen molar-refractivity contribution >= 4 is 22.8 Å². The van der Waals surface area contributed by atoms with Crippen LogP contribution in [-0.4, -0.2) is 56.7 Å². The van der Waals surface area contributed by atoms with E-state index in [0.717, 1.165) is 11.4 Å². The summed E-state index contributed by atoms with van der Waals surface area (Å²) in [5.41, 5.74) is 3.04. The average molecular weight is 414 g/mol. The Labute approximate surface area is 178 Å². The smallest absolute Gasteiger partial charge is 0.260 e. The monoisotopic (exact) mass is 414 g/mol. The third-order valence-corrected chi connectivity index (χ3v) is 5.57. The highest BCUT2D eigenvalue weighted by Crippen LogP contribution is 2.16. The van der Waals surface area contributed by atoms with E-state index >= 15 is 0 Å². The van der Waals surface area contributed by atoms with Crippen molar-refractivity contribution in [3.8, 4) is 5.69 Å². The molecule has 1 aliphatic rings. The van der Waals surface area contributed by atoms with Gasteiger partial charge in [0.1, 0.15) is 0 Å². The van der Waals surface area contributed by atoms with E-state index in [-0.39, 0.29) is 11.5 Å². The number of nitrogens with zero attached hydrogens (tertiary/aromatic N) is 5. The Kier molecular flexibility index (Phi) is 4.74. The predicted molar refractivity (Wildman–Crippen MR) is 119 cm³/mol. The molecule has 5 rings (SSSR count). The van der Waals surface area contributed by atoms with E-state index in [9.17, 15) is 9.59 Å². The molecule has 1 amide bonds. The second-order valence-electron chi connectivity index (χ2n) is 7.63. The van der Waals surface area contributed by atoms with E-state index in [1.807, 2.05) is 71.5 Å². The lowest BCUT2D eigenvalue weighted by atomic mass is 10.1. The number of piperazine rings is 1. The molecule has 3 heterocycles. The molecule has 0 aliphatic carbocycles. The third kappa shape index (κ3) is 3.68. The molecule has 1 saturated heterocycles. The van der Waals surface area contributed by atoms with Crippen molar-refractivity contribution in [1.82, 2.24) is 24.6 Å². The number of aromatic nitrogens is 4. The van der Waals surface area contributed by atoms with Gasteiger partial charge in [0.25, 0.3) is 11.5 Å². The third-order valence-electron chi connectivity index (χ3n) is 5.57. The van der Waals surface area contributed by atoms with Crippen molar-refractivity contribution in [2.75, 3.05) is 31.1 Å². The summed E-state index contributed by atoms with van der Waals surface area (Å²) in [7, 11) is 0. The number of aryl methyl sites for hydroxylation is 1. The molecule has 2 aromatic heterocycles. The second-order valence-corrected chi connectivity index (χ2v) is 7.63. The van der Waals surface area contributed by atoms with Gasteiger partial charge in [-0.05, 0) is 49.4 Å². The van der Waals surface area contributed by atoms with E-state index in [0.29, 0.717) is 48.6 Å². The second kappa shape index (κ2) is 7.71. The van der Waals surface area contributed by atoms with Crippen molar-refractivity contribution in [1.29, 1.82) is 0 Å². The Hall–Kier alpha value is -3.94. The summed E-state index contributed by atoms with van der Waals surface area (Å²) in [6, 6.07) is 16.7. The molecule has 0 spiro atoms. The van der Waals surface area contributed by atoms with Gasteiger partial charge in [-0.25, -0.2) is 9.67 Å². The number of aromatic amines is 1. The number of carbonyl (C=O) groups is 1. The van der Waals surface area contributed by atoms with Crippen molar-refractivity contribution < 1.29 is 4.79 Å². The maximum Gasteiger partial charge on any atom is 0.260 e. The molecule has 1 aliphatic heterocycles. The summed E-state index contributed by atoms with van der Waals surface area (Å²) in [5.74, 6) is 0.553. The van der Waals surface area contributed by atoms with Crippen LogP contribution in [-0.2, 0) is 0 Å². The maximum absolute atomic E-state index is 12.9. The molecule has 0 bridgehead atoms. The molecule has 2 aromatic carbocycles. The number of benzene rings is 2. The van der Waals surface area contributed by atoms with Crippen LogP contribution in [0.2, 0.25) is 0 Å². The van der Waals surface area contributed by atoms with Crippen LogP contribution >= 0.6 is 0 Å². The number of H-pyrrole nitrogens is 1. The van der Waals surface area contributed by atoms with Crippen LogP contribution in [0.1, 0.15) is 16.1 Å². The number of fused-ring (bicyclic) bond motifs is 1. The lowest BCUT2D eigenvalue weighted by Crippen LogP contribution is -2.49. The molecule has 0 saturated carbocycles. The minimum Gasteiger partial charge on any atom is -0.339 e. The number of hydrogen-bond acceptors (Lipinski definition) is 5. The Morgan fingerprint density at radius 2 is 1.71 bits per heavy atom. The number of rotatable bonds is 3. The van der Waals surface area contributed by atoms with Crippen LogP contribution in [0.3, 0.4) is 0 Å². The van der Waals surface area contributed by atoms with Crippen molar-refractivity contribution in [2.24, 2.45) is 0 Å². The Balaban J connectivity index is 1.27. The molecular weight excluding hydrogens is 392 g/mol. The molecule has 1 N–H and O–H groups in total. The SMILES string of the molecule is Cc1ccn(-c2ccc(C(=O)N3CCN(c4nc5ccccc5c(=O)[nH]4)CC3)cc2)n1. The molecule has 1 fully saturated rings. The van der Waals surface area contributed by atoms with Crippen LogP contribution in [0.5, 0.6) is 0 Å². The lowest BCUT2D eigenvalue weighted by Gasteiger charge is -2.35. The van der Waals surface area contributed by atoms with Crippen molar-refractivity contribution in [2.45, 2.75) is 6.92 Å². The molecular formula is C23H22N6O2. The fourth-order valence-corrected chi connectivity index (χ4v) is 3.84. The number of hydrogen-bond donors (Lipinski definition) is 1. The molecule has 0 unspecified atom stereocenters. The Bertz CT molecular complexity index is 1300. The minimum absolute atomic E-state index is 0.00260. The van der Waals surface area contributed by atoms with E-state index in [4.69, 9.17) is 0 Å². The van der Waals surface area contributed by atoms with Gasteiger partial charge < -0.3 is 9.80 Å². The average Bonchev–Trinajstić information content (AvgIpc) is 3.25. The summed E-state index contributed by atoms with van der Waals surface area (Å²) in [6.45, 7) is 4.29. The highest BCUT2D eigenvalue weighted by molar-refractivity contribution is 5.94. The van der Waals surface area contributed by atoms with Crippen LogP contribution < -0.4 is 10.5 Å². The molecule has 8 heteroatoms. The lowest BCUT2D eigenvalue weighted by molar-refractivity contribution is 0.0746. The van der Waals surface area contributed by atoms with Gasteiger partial charge >= 0.3 is 0 Å². The molecule has 156 valence electrons. The van der Waals surface area contributed by atoms with Gasteiger partial charge in [-0.2, -0.15) is 5.10 Å². The highest BCUT2D eigenvalue weighted by atomic mass is 16.2. The van der Waals surface area contributed by atoms with Crippen LogP contribution in [0.4, 0.5) is 5.95 Å². The summed E-state index contributed by atoms with van der Waals surface area (Å²) in [6.07, 6.45) is 1.90. The molecule has 0 atom stereocenters. The van der Waals surface area contributed by atoms with Crippen molar-refractivity contribution in [3.05, 3.63) is 82.4 Å². The minimum atomic E-state index is -0.147. The standard InChI is InChI=1S/C23H22N6O2/c1-16-10-11-29(26-16)18-8-6-17(7-9-18)22(31)27-12-14-28(15-13-27)23-24-20-5-3-2-4-19(20)21(30)25-23/h2-11H,12-15H2,1H3,(H,24,25,30). The number of anilines is 1. The largest absolute Gasteiger partial charge is 0.339 e. The zero-order valence-corrected chi connectivity index (χ0v) is 17.2. The molecule has 4 aromatic rings. The van der Waals surface area contributed by atoms with Gasteiger partial charge in [-0.3, -0.25) is 14.6 Å². The number of para-hydroxylation sites is 1. The van der Waals surface area contributed by atoms with Gasteiger partial charge in [-0.1, -0.05) is 12.1 Å². The maximum atomic E-state index is 12.9. The number of carbonyl (C=O) groups excluding carboxylic acids is 1. The summed E-state index contributed by atoms with van der Waals surface area (Å²) in [5, 5.41) is 4.97. The molecule has 0 radical (unpaired) electrons. The van der Waals surface area contributed by atoms with Crippen molar-refractivity contribution in [3.63, 3.8) is 0 Å². The quantitative estimate of drug-likeness (QED) is 0.556. The highest BCUT2D eigenvalue weighted by Gasteiger charge is 2.23. The van der Waals surface area contributed by atoms with E-state index < -0.39 is 0 Å². The number of amides is 1. The Morgan fingerprint density at radius 1 is 0.968 bits per heavy atom. The van der Waals surface area contributed by atoms with E-state index in [1.165, 1.54) is 0 Å². The number of nitrogens with one attached hydrogen (secondary N) is 1. The van der Waals surface area contributed by atoms with Gasteiger partial charge in [0.2, 0.25) is 5.95 Å². The first kappa shape index (κ1) is 19.0. The van der Waals surface area contributed by atoms with Gasteiger partial charge in [0.15, 0.2) is 0 Å². The van der Waals surface area contributed by atoms with E-state index in [2.05, 4.69) is 15.1 Å². The van der Waals surface area contributed by atoms with Gasteiger partial charge in [0, 0.05) is 37.9 Å². The van der Waals surface area contributed by atoms with E-state index in [1.54, 1.807) is 10.7 Å². The zero-order chi connectivity index (χ0) is 21.4.